The van der Waals surface area contributed by atoms with Crippen molar-refractivity contribution in [2.45, 2.75) is 65.2 Å². The summed E-state index contributed by atoms with van der Waals surface area (Å²) in [7, 11) is 1.47. The quantitative estimate of drug-likeness (QED) is 0.692. The minimum absolute atomic E-state index is 0.0458. The summed E-state index contributed by atoms with van der Waals surface area (Å²) in [6.07, 6.45) is 6.29. The fourth-order valence-corrected chi connectivity index (χ4v) is 6.40. The van der Waals surface area contributed by atoms with Crippen LogP contribution in [0.5, 0.6) is 0 Å². The van der Waals surface area contributed by atoms with Gasteiger partial charge in [0.05, 0.1) is 24.0 Å². The average Bonchev–Trinajstić information content (AvgIpc) is 2.53. The summed E-state index contributed by atoms with van der Waals surface area (Å²) in [5, 5.41) is 9.89. The zero-order chi connectivity index (χ0) is 16.9. The Balaban J connectivity index is 2.02. The Kier molecular flexibility index (Phi) is 3.82. The molecule has 23 heavy (non-hydrogen) atoms. The van der Waals surface area contributed by atoms with Gasteiger partial charge in [-0.3, -0.25) is 9.59 Å². The molecule has 3 fully saturated rings. The number of esters is 1. The third kappa shape index (κ3) is 2.16. The molecule has 3 aliphatic carbocycles. The number of methoxy groups -OCH3 is 1. The number of nitrogens with zero attached hydrogens (tertiary/aromatic N) is 1. The second kappa shape index (κ2) is 5.33. The van der Waals surface area contributed by atoms with Crippen LogP contribution in [-0.4, -0.2) is 18.9 Å². The molecular weight excluding hydrogens is 290 g/mol. The van der Waals surface area contributed by atoms with Crippen LogP contribution in [0.1, 0.15) is 65.2 Å². The number of ketones is 1. The van der Waals surface area contributed by atoms with Crippen LogP contribution in [0.4, 0.5) is 0 Å². The van der Waals surface area contributed by atoms with Gasteiger partial charge in [0.15, 0.2) is 0 Å². The van der Waals surface area contributed by atoms with Crippen molar-refractivity contribution in [3.8, 4) is 6.07 Å². The maximum Gasteiger partial charge on any atom is 0.311 e. The second-order valence-electron chi connectivity index (χ2n) is 8.43. The van der Waals surface area contributed by atoms with E-state index in [0.29, 0.717) is 12.8 Å². The summed E-state index contributed by atoms with van der Waals surface area (Å²) >= 11 is 0. The number of fused-ring (bicyclic) bond motifs is 3. The molecule has 0 heterocycles. The van der Waals surface area contributed by atoms with Crippen LogP contribution in [-0.2, 0) is 14.3 Å². The van der Waals surface area contributed by atoms with Crippen molar-refractivity contribution >= 4 is 11.8 Å². The third-order valence-corrected chi connectivity index (χ3v) is 7.42. The molecule has 0 radical (unpaired) electrons. The summed E-state index contributed by atoms with van der Waals surface area (Å²) in [5.74, 6) is 0.595. The predicted octanol–water partition coefficient (Wildman–Crippen LogP) is 3.65. The first-order valence-electron chi connectivity index (χ1n) is 8.84. The van der Waals surface area contributed by atoms with Gasteiger partial charge in [-0.05, 0) is 56.3 Å². The van der Waals surface area contributed by atoms with Crippen LogP contribution >= 0.6 is 0 Å². The first kappa shape index (κ1) is 16.5. The van der Waals surface area contributed by atoms with Crippen molar-refractivity contribution < 1.29 is 14.3 Å². The van der Waals surface area contributed by atoms with E-state index in [2.05, 4.69) is 13.0 Å². The Bertz CT molecular complexity index is 580. The normalized spacial score (nSPS) is 46.3. The number of carbonyl (C=O) groups excluding carboxylic acids is 2. The van der Waals surface area contributed by atoms with Gasteiger partial charge < -0.3 is 4.74 Å². The fraction of sp³-hybridized carbons (Fsp3) is 0.842. The van der Waals surface area contributed by atoms with Crippen molar-refractivity contribution in [1.29, 1.82) is 5.26 Å². The Labute approximate surface area is 138 Å². The maximum absolute atomic E-state index is 12.5. The molecule has 5 atom stereocenters. The van der Waals surface area contributed by atoms with Gasteiger partial charge in [-0.25, -0.2) is 0 Å². The van der Waals surface area contributed by atoms with Crippen molar-refractivity contribution in [3.05, 3.63) is 0 Å². The predicted molar refractivity (Wildman–Crippen MR) is 85.2 cm³/mol. The highest BCUT2D eigenvalue weighted by atomic mass is 16.5. The highest BCUT2D eigenvalue weighted by Gasteiger charge is 2.64. The van der Waals surface area contributed by atoms with Crippen molar-refractivity contribution in [1.82, 2.24) is 0 Å². The Morgan fingerprint density at radius 1 is 1.22 bits per heavy atom. The Hall–Kier alpha value is -1.37. The lowest BCUT2D eigenvalue weighted by molar-refractivity contribution is -0.180. The van der Waals surface area contributed by atoms with E-state index in [1.807, 2.05) is 6.92 Å². The SMILES string of the molecule is COC(=O)[C@]1(C)CCC[C@]2(C)[C@H]1CC[C@@]1(C#N)CC(=O)CC[C@@H]12. The molecule has 0 aromatic carbocycles. The molecule has 0 amide bonds. The van der Waals surface area contributed by atoms with Gasteiger partial charge in [0.1, 0.15) is 5.78 Å². The monoisotopic (exact) mass is 317 g/mol. The molecular formula is C19H27NO3. The third-order valence-electron chi connectivity index (χ3n) is 7.42. The molecule has 4 nitrogen and oxygen atoms in total. The molecule has 3 aliphatic rings. The lowest BCUT2D eigenvalue weighted by Gasteiger charge is -2.62. The molecule has 0 N–H and O–H groups in total. The first-order chi connectivity index (χ1) is 10.8. The van der Waals surface area contributed by atoms with E-state index in [1.165, 1.54) is 7.11 Å². The van der Waals surface area contributed by atoms with Gasteiger partial charge in [-0.1, -0.05) is 13.3 Å². The van der Waals surface area contributed by atoms with E-state index in [4.69, 9.17) is 4.74 Å². The van der Waals surface area contributed by atoms with Gasteiger partial charge in [0, 0.05) is 12.8 Å². The molecule has 0 aromatic heterocycles. The van der Waals surface area contributed by atoms with Gasteiger partial charge in [-0.15, -0.1) is 0 Å². The number of hydrogen-bond acceptors (Lipinski definition) is 4. The first-order valence-corrected chi connectivity index (χ1v) is 8.84. The molecule has 0 saturated heterocycles. The zero-order valence-electron chi connectivity index (χ0n) is 14.5. The molecule has 0 unspecified atom stereocenters. The summed E-state index contributed by atoms with van der Waals surface area (Å²) in [4.78, 5) is 24.5. The molecule has 3 rings (SSSR count). The molecule has 0 aliphatic heterocycles. The molecule has 0 spiro atoms. The van der Waals surface area contributed by atoms with E-state index < -0.39 is 10.8 Å². The number of Topliss-reactive ketones (excluding diaryl/α,β-unsaturated/α-hetero) is 1. The topological polar surface area (TPSA) is 67.2 Å². The van der Waals surface area contributed by atoms with Gasteiger partial charge in [0.25, 0.3) is 0 Å². The Morgan fingerprint density at radius 2 is 1.96 bits per heavy atom. The lowest BCUT2D eigenvalue weighted by atomic mass is 9.41. The van der Waals surface area contributed by atoms with Crippen molar-refractivity contribution in [3.63, 3.8) is 0 Å². The van der Waals surface area contributed by atoms with Crippen LogP contribution in [0.3, 0.4) is 0 Å². The summed E-state index contributed by atoms with van der Waals surface area (Å²) < 4.78 is 5.13. The van der Waals surface area contributed by atoms with Crippen LogP contribution < -0.4 is 0 Å². The lowest BCUT2D eigenvalue weighted by Crippen LogP contribution is -2.59. The molecule has 3 saturated carbocycles. The average molecular weight is 317 g/mol. The number of hydrogen-bond donors (Lipinski definition) is 0. The highest BCUT2D eigenvalue weighted by Crippen LogP contribution is 2.67. The zero-order valence-corrected chi connectivity index (χ0v) is 14.5. The van der Waals surface area contributed by atoms with E-state index in [1.54, 1.807) is 0 Å². The van der Waals surface area contributed by atoms with E-state index in [9.17, 15) is 14.9 Å². The number of carbonyl (C=O) groups is 2. The Morgan fingerprint density at radius 3 is 2.61 bits per heavy atom. The summed E-state index contributed by atoms with van der Waals surface area (Å²) in [6.45, 7) is 4.32. The second-order valence-corrected chi connectivity index (χ2v) is 8.43. The van der Waals surface area contributed by atoms with Crippen LogP contribution in [0.25, 0.3) is 0 Å². The summed E-state index contributed by atoms with van der Waals surface area (Å²) in [5.41, 5.74) is -1.00. The van der Waals surface area contributed by atoms with Crippen LogP contribution in [0, 0.1) is 39.4 Å². The van der Waals surface area contributed by atoms with Crippen LogP contribution in [0.2, 0.25) is 0 Å². The number of nitriles is 1. The van der Waals surface area contributed by atoms with E-state index in [-0.39, 0.29) is 29.0 Å². The molecule has 0 bridgehead atoms. The smallest absolute Gasteiger partial charge is 0.311 e. The minimum Gasteiger partial charge on any atom is -0.469 e. The molecule has 0 aromatic rings. The van der Waals surface area contributed by atoms with Gasteiger partial charge >= 0.3 is 5.97 Å². The summed E-state index contributed by atoms with van der Waals surface area (Å²) in [6, 6.07) is 2.54. The number of rotatable bonds is 1. The van der Waals surface area contributed by atoms with Gasteiger partial charge in [0.2, 0.25) is 0 Å². The number of ether oxygens (including phenoxy) is 1. The maximum atomic E-state index is 12.5. The highest BCUT2D eigenvalue weighted by molar-refractivity contribution is 5.81. The van der Waals surface area contributed by atoms with Gasteiger partial charge in [-0.2, -0.15) is 5.26 Å². The van der Waals surface area contributed by atoms with E-state index >= 15 is 0 Å². The standard InChI is InChI=1S/C19H27NO3/c1-17-8-4-9-18(2,16(22)23-3)14(17)7-10-19(12-20)11-13(21)5-6-15(17)19/h14-15H,4-11H2,1-3H3/t14-,15-,17-,18-,19+/m1/s1. The molecule has 4 heteroatoms. The van der Waals surface area contributed by atoms with Crippen molar-refractivity contribution in [2.75, 3.05) is 7.11 Å². The van der Waals surface area contributed by atoms with Crippen molar-refractivity contribution in [2.24, 2.45) is 28.1 Å². The fourth-order valence-electron chi connectivity index (χ4n) is 6.40. The van der Waals surface area contributed by atoms with Crippen LogP contribution in [0.15, 0.2) is 0 Å². The van der Waals surface area contributed by atoms with E-state index in [0.717, 1.165) is 38.5 Å². The largest absolute Gasteiger partial charge is 0.469 e. The minimum atomic E-state index is -0.505. The molecule has 126 valence electrons.